The summed E-state index contributed by atoms with van der Waals surface area (Å²) in [6.07, 6.45) is 1.66. The molecule has 1 atom stereocenters. The minimum atomic E-state index is -0.427. The lowest BCUT2D eigenvalue weighted by Crippen LogP contribution is -2.31. The topological polar surface area (TPSA) is 95.1 Å². The summed E-state index contributed by atoms with van der Waals surface area (Å²) >= 11 is 1.14. The molecule has 1 aromatic carbocycles. The standard InChI is InChI=1S/C20H19N3O3S/c1-12-5-3-6-16(13(12)2)22-19(25)11-27-20-15(10-21)14(9-18(24)23-20)17-7-4-8-26-17/h3-8,14H,9,11H2,1-2H3,(H,22,25)(H,23,24)/t14-/m1/s1. The smallest absolute Gasteiger partial charge is 0.234 e. The van der Waals surface area contributed by atoms with Gasteiger partial charge in [0.1, 0.15) is 5.76 Å². The van der Waals surface area contributed by atoms with Crippen LogP contribution in [0.2, 0.25) is 0 Å². The van der Waals surface area contributed by atoms with Crippen molar-refractivity contribution >= 4 is 29.3 Å². The first-order chi connectivity index (χ1) is 13.0. The molecule has 7 heteroatoms. The van der Waals surface area contributed by atoms with Crippen LogP contribution in [0.3, 0.4) is 0 Å². The number of benzene rings is 1. The molecule has 0 spiro atoms. The average Bonchev–Trinajstić information content (AvgIpc) is 3.18. The van der Waals surface area contributed by atoms with E-state index < -0.39 is 5.92 Å². The molecule has 1 aliphatic rings. The van der Waals surface area contributed by atoms with Crippen molar-refractivity contribution in [2.75, 3.05) is 11.1 Å². The molecule has 2 N–H and O–H groups in total. The van der Waals surface area contributed by atoms with Gasteiger partial charge in [-0.05, 0) is 43.2 Å². The first-order valence-corrected chi connectivity index (χ1v) is 9.44. The summed E-state index contributed by atoms with van der Waals surface area (Å²) in [6.45, 7) is 3.93. The predicted molar refractivity (Wildman–Crippen MR) is 104 cm³/mol. The van der Waals surface area contributed by atoms with Crippen molar-refractivity contribution < 1.29 is 14.0 Å². The maximum Gasteiger partial charge on any atom is 0.234 e. The molecule has 0 saturated carbocycles. The Bertz CT molecular complexity index is 942. The second-order valence-corrected chi connectivity index (χ2v) is 7.24. The normalized spacial score (nSPS) is 16.6. The Labute approximate surface area is 161 Å². The summed E-state index contributed by atoms with van der Waals surface area (Å²) in [6, 6.07) is 11.3. The highest BCUT2D eigenvalue weighted by Gasteiger charge is 2.31. The molecular formula is C20H19N3O3S. The van der Waals surface area contributed by atoms with Crippen LogP contribution in [0.5, 0.6) is 0 Å². The number of hydrogen-bond acceptors (Lipinski definition) is 5. The molecule has 2 heterocycles. The van der Waals surface area contributed by atoms with Gasteiger partial charge in [0.05, 0.1) is 34.6 Å². The Hall–Kier alpha value is -2.98. The van der Waals surface area contributed by atoms with Gasteiger partial charge in [0.2, 0.25) is 11.8 Å². The number of anilines is 1. The molecule has 0 unspecified atom stereocenters. The fraction of sp³-hybridized carbons (Fsp3) is 0.250. The van der Waals surface area contributed by atoms with Crippen molar-refractivity contribution in [1.29, 1.82) is 5.26 Å². The zero-order valence-corrected chi connectivity index (χ0v) is 15.9. The van der Waals surface area contributed by atoms with Crippen LogP contribution in [-0.4, -0.2) is 17.6 Å². The molecule has 2 aromatic rings. The van der Waals surface area contributed by atoms with Crippen molar-refractivity contribution in [3.8, 4) is 6.07 Å². The number of aryl methyl sites for hydroxylation is 1. The van der Waals surface area contributed by atoms with Gasteiger partial charge < -0.3 is 15.1 Å². The molecule has 0 fully saturated rings. The second kappa shape index (κ2) is 8.14. The lowest BCUT2D eigenvalue weighted by atomic mass is 9.92. The molecule has 0 bridgehead atoms. The first kappa shape index (κ1) is 18.8. The zero-order chi connectivity index (χ0) is 19.4. The number of nitriles is 1. The summed E-state index contributed by atoms with van der Waals surface area (Å²) in [5.41, 5.74) is 3.28. The van der Waals surface area contributed by atoms with Crippen LogP contribution in [0.4, 0.5) is 5.69 Å². The molecule has 3 rings (SSSR count). The molecule has 138 valence electrons. The van der Waals surface area contributed by atoms with Crippen LogP contribution in [0, 0.1) is 25.2 Å². The molecule has 6 nitrogen and oxygen atoms in total. The minimum absolute atomic E-state index is 0.0824. The molecular weight excluding hydrogens is 362 g/mol. The van der Waals surface area contributed by atoms with Crippen LogP contribution in [0.25, 0.3) is 0 Å². The van der Waals surface area contributed by atoms with E-state index in [2.05, 4.69) is 16.7 Å². The summed E-state index contributed by atoms with van der Waals surface area (Å²) in [7, 11) is 0. The van der Waals surface area contributed by atoms with Gasteiger partial charge in [-0.1, -0.05) is 23.9 Å². The van der Waals surface area contributed by atoms with Crippen molar-refractivity contribution in [3.63, 3.8) is 0 Å². The fourth-order valence-corrected chi connectivity index (χ4v) is 3.75. The van der Waals surface area contributed by atoms with Crippen LogP contribution in [0.1, 0.15) is 29.2 Å². The van der Waals surface area contributed by atoms with E-state index in [-0.39, 0.29) is 24.0 Å². The van der Waals surface area contributed by atoms with Crippen LogP contribution in [0.15, 0.2) is 51.6 Å². The maximum atomic E-state index is 12.3. The third kappa shape index (κ3) is 4.23. The number of allylic oxidation sites excluding steroid dienone is 1. The molecule has 0 aliphatic carbocycles. The highest BCUT2D eigenvalue weighted by Crippen LogP contribution is 2.36. The van der Waals surface area contributed by atoms with Crippen molar-refractivity contribution in [1.82, 2.24) is 5.32 Å². The lowest BCUT2D eigenvalue weighted by Gasteiger charge is -2.23. The lowest BCUT2D eigenvalue weighted by molar-refractivity contribution is -0.121. The van der Waals surface area contributed by atoms with Gasteiger partial charge in [0.15, 0.2) is 0 Å². The van der Waals surface area contributed by atoms with E-state index in [1.165, 1.54) is 6.26 Å². The van der Waals surface area contributed by atoms with Gasteiger partial charge in [-0.2, -0.15) is 5.26 Å². The summed E-state index contributed by atoms with van der Waals surface area (Å²) in [4.78, 5) is 24.4. The number of hydrogen-bond donors (Lipinski definition) is 2. The summed E-state index contributed by atoms with van der Waals surface area (Å²) in [5.74, 6) is -0.178. The van der Waals surface area contributed by atoms with Crippen LogP contribution < -0.4 is 10.6 Å². The van der Waals surface area contributed by atoms with E-state index in [1.807, 2.05) is 32.0 Å². The van der Waals surface area contributed by atoms with Gasteiger partial charge in [0.25, 0.3) is 0 Å². The number of furan rings is 1. The maximum absolute atomic E-state index is 12.3. The first-order valence-electron chi connectivity index (χ1n) is 8.46. The number of amides is 2. The van der Waals surface area contributed by atoms with Gasteiger partial charge in [-0.25, -0.2) is 0 Å². The highest BCUT2D eigenvalue weighted by atomic mass is 32.2. The molecule has 0 saturated heterocycles. The Morgan fingerprint density at radius 1 is 1.37 bits per heavy atom. The molecule has 2 amide bonds. The number of carbonyl (C=O) groups is 2. The van der Waals surface area contributed by atoms with E-state index >= 15 is 0 Å². The Kier molecular flexibility index (Phi) is 5.67. The van der Waals surface area contributed by atoms with Gasteiger partial charge in [-0.3, -0.25) is 9.59 Å². The summed E-state index contributed by atoms with van der Waals surface area (Å²) in [5, 5.41) is 15.6. The monoisotopic (exact) mass is 381 g/mol. The number of rotatable bonds is 5. The van der Waals surface area contributed by atoms with Crippen LogP contribution >= 0.6 is 11.8 Å². The van der Waals surface area contributed by atoms with Crippen molar-refractivity contribution in [2.24, 2.45) is 0 Å². The predicted octanol–water partition coefficient (Wildman–Crippen LogP) is 3.61. The summed E-state index contributed by atoms with van der Waals surface area (Å²) < 4.78 is 5.38. The quantitative estimate of drug-likeness (QED) is 0.825. The zero-order valence-electron chi connectivity index (χ0n) is 15.0. The van der Waals surface area contributed by atoms with Crippen molar-refractivity contribution in [2.45, 2.75) is 26.2 Å². The van der Waals surface area contributed by atoms with Crippen molar-refractivity contribution in [3.05, 3.63) is 64.1 Å². The third-order valence-electron chi connectivity index (χ3n) is 4.47. The Morgan fingerprint density at radius 2 is 2.19 bits per heavy atom. The number of thioether (sulfide) groups is 1. The minimum Gasteiger partial charge on any atom is -0.469 e. The number of carbonyl (C=O) groups excluding carboxylic acids is 2. The molecule has 27 heavy (non-hydrogen) atoms. The Morgan fingerprint density at radius 3 is 2.89 bits per heavy atom. The molecule has 0 radical (unpaired) electrons. The molecule has 1 aliphatic heterocycles. The average molecular weight is 381 g/mol. The molecule has 1 aromatic heterocycles. The highest BCUT2D eigenvalue weighted by molar-refractivity contribution is 8.03. The van der Waals surface area contributed by atoms with Crippen LogP contribution in [-0.2, 0) is 9.59 Å². The van der Waals surface area contributed by atoms with E-state index in [1.54, 1.807) is 12.1 Å². The van der Waals surface area contributed by atoms with E-state index in [0.717, 1.165) is 28.6 Å². The van der Waals surface area contributed by atoms with Gasteiger partial charge >= 0.3 is 0 Å². The number of nitrogens with zero attached hydrogens (tertiary/aromatic N) is 1. The van der Waals surface area contributed by atoms with Gasteiger partial charge in [0, 0.05) is 12.1 Å². The number of nitrogens with one attached hydrogen (secondary N) is 2. The SMILES string of the molecule is Cc1cccc(NC(=O)CSC2=C(C#N)[C@H](c3ccco3)CC(=O)N2)c1C. The van der Waals surface area contributed by atoms with E-state index in [4.69, 9.17) is 4.42 Å². The Balaban J connectivity index is 1.73. The van der Waals surface area contributed by atoms with E-state index in [9.17, 15) is 14.9 Å². The largest absolute Gasteiger partial charge is 0.469 e. The fourth-order valence-electron chi connectivity index (χ4n) is 2.88. The van der Waals surface area contributed by atoms with Gasteiger partial charge in [-0.15, -0.1) is 0 Å². The third-order valence-corrected chi connectivity index (χ3v) is 5.49. The second-order valence-electron chi connectivity index (χ2n) is 6.26. The van der Waals surface area contributed by atoms with E-state index in [0.29, 0.717) is 16.4 Å².